The zero-order chi connectivity index (χ0) is 11.7. The first-order valence-corrected chi connectivity index (χ1v) is 6.31. The highest BCUT2D eigenvalue weighted by atomic mass is 79.9. The number of hydrogen-bond donors (Lipinski definition) is 0. The number of hydrogen-bond acceptors (Lipinski definition) is 2. The van der Waals surface area contributed by atoms with Crippen LogP contribution in [0.25, 0.3) is 0 Å². The smallest absolute Gasteiger partial charge is 0.207 e. The standard InChI is InChI=1S/C12H8BrFOS/c1-7-5-6-16-12(7)11(15)10-8(13)3-2-4-9(10)14/h2-6H,1H3. The fourth-order valence-corrected chi connectivity index (χ4v) is 2.83. The van der Waals surface area contributed by atoms with Crippen LogP contribution >= 0.6 is 27.3 Å². The van der Waals surface area contributed by atoms with Gasteiger partial charge in [0, 0.05) is 4.47 Å². The highest BCUT2D eigenvalue weighted by Gasteiger charge is 2.19. The Hall–Kier alpha value is -1.00. The third-order valence-electron chi connectivity index (χ3n) is 2.26. The normalized spacial score (nSPS) is 10.4. The van der Waals surface area contributed by atoms with Crippen molar-refractivity contribution in [3.05, 3.63) is 55.9 Å². The Morgan fingerprint density at radius 2 is 2.12 bits per heavy atom. The van der Waals surface area contributed by atoms with Gasteiger partial charge in [-0.2, -0.15) is 0 Å². The van der Waals surface area contributed by atoms with Crippen LogP contribution in [-0.4, -0.2) is 5.78 Å². The van der Waals surface area contributed by atoms with Gasteiger partial charge in [-0.3, -0.25) is 4.79 Å². The summed E-state index contributed by atoms with van der Waals surface area (Å²) in [4.78, 5) is 12.7. The maximum atomic E-state index is 13.6. The Morgan fingerprint density at radius 3 is 2.69 bits per heavy atom. The molecule has 0 saturated heterocycles. The topological polar surface area (TPSA) is 17.1 Å². The molecule has 0 aliphatic heterocycles. The quantitative estimate of drug-likeness (QED) is 0.760. The molecule has 0 amide bonds. The van der Waals surface area contributed by atoms with E-state index in [0.29, 0.717) is 9.35 Å². The molecule has 0 saturated carbocycles. The van der Waals surface area contributed by atoms with Crippen molar-refractivity contribution >= 4 is 33.0 Å². The zero-order valence-electron chi connectivity index (χ0n) is 8.46. The van der Waals surface area contributed by atoms with Crippen molar-refractivity contribution in [3.63, 3.8) is 0 Å². The summed E-state index contributed by atoms with van der Waals surface area (Å²) >= 11 is 4.53. The van der Waals surface area contributed by atoms with E-state index < -0.39 is 5.82 Å². The average Bonchev–Trinajstić information content (AvgIpc) is 2.64. The van der Waals surface area contributed by atoms with E-state index in [-0.39, 0.29) is 11.3 Å². The van der Waals surface area contributed by atoms with E-state index in [1.165, 1.54) is 17.4 Å². The minimum Gasteiger partial charge on any atom is -0.288 e. The van der Waals surface area contributed by atoms with Crippen molar-refractivity contribution < 1.29 is 9.18 Å². The monoisotopic (exact) mass is 298 g/mol. The number of ketones is 1. The van der Waals surface area contributed by atoms with E-state index in [9.17, 15) is 9.18 Å². The highest BCUT2D eigenvalue weighted by Crippen LogP contribution is 2.26. The van der Waals surface area contributed by atoms with E-state index >= 15 is 0 Å². The zero-order valence-corrected chi connectivity index (χ0v) is 10.9. The van der Waals surface area contributed by atoms with Gasteiger partial charge in [0.05, 0.1) is 10.4 Å². The van der Waals surface area contributed by atoms with Crippen LogP contribution in [0.15, 0.2) is 34.1 Å². The van der Waals surface area contributed by atoms with Crippen LogP contribution in [0, 0.1) is 12.7 Å². The fraction of sp³-hybridized carbons (Fsp3) is 0.0833. The second-order valence-electron chi connectivity index (χ2n) is 3.36. The predicted octanol–water partition coefficient (Wildman–Crippen LogP) is 4.19. The van der Waals surface area contributed by atoms with Crippen LogP contribution in [0.4, 0.5) is 4.39 Å². The maximum Gasteiger partial charge on any atom is 0.207 e. The summed E-state index contributed by atoms with van der Waals surface area (Å²) in [6.45, 7) is 1.85. The minimum absolute atomic E-state index is 0.105. The van der Waals surface area contributed by atoms with Gasteiger partial charge in [0.25, 0.3) is 0 Å². The fourth-order valence-electron chi connectivity index (χ4n) is 1.43. The lowest BCUT2D eigenvalue weighted by atomic mass is 10.1. The molecule has 0 spiro atoms. The molecule has 2 rings (SSSR count). The second-order valence-corrected chi connectivity index (χ2v) is 5.13. The molecule has 1 heterocycles. The lowest BCUT2D eigenvalue weighted by Gasteiger charge is -2.04. The molecule has 0 aliphatic carbocycles. The summed E-state index contributed by atoms with van der Waals surface area (Å²) in [6, 6.07) is 6.38. The van der Waals surface area contributed by atoms with Gasteiger partial charge in [0.15, 0.2) is 0 Å². The van der Waals surface area contributed by atoms with Crippen molar-refractivity contribution in [2.45, 2.75) is 6.92 Å². The average molecular weight is 299 g/mol. The first-order valence-electron chi connectivity index (χ1n) is 4.64. The van der Waals surface area contributed by atoms with Crippen LogP contribution in [-0.2, 0) is 0 Å². The molecule has 1 aromatic carbocycles. The molecule has 0 radical (unpaired) electrons. The van der Waals surface area contributed by atoms with Gasteiger partial charge in [-0.05, 0) is 52.0 Å². The molecule has 0 N–H and O–H groups in total. The van der Waals surface area contributed by atoms with Gasteiger partial charge in [-0.25, -0.2) is 4.39 Å². The second kappa shape index (κ2) is 4.47. The van der Waals surface area contributed by atoms with Gasteiger partial charge >= 0.3 is 0 Å². The molecule has 1 aromatic heterocycles. The Bertz CT molecular complexity index is 527. The van der Waals surface area contributed by atoms with E-state index in [1.54, 1.807) is 12.1 Å². The summed E-state index contributed by atoms with van der Waals surface area (Å²) < 4.78 is 14.1. The molecule has 2 aromatic rings. The van der Waals surface area contributed by atoms with Crippen LogP contribution in [0.2, 0.25) is 0 Å². The number of carbonyl (C=O) groups excluding carboxylic acids is 1. The van der Waals surface area contributed by atoms with Gasteiger partial charge in [0.2, 0.25) is 5.78 Å². The van der Waals surface area contributed by atoms with Crippen LogP contribution < -0.4 is 0 Å². The number of thiophene rings is 1. The molecule has 0 aliphatic rings. The first-order chi connectivity index (χ1) is 7.61. The van der Waals surface area contributed by atoms with Crippen molar-refractivity contribution in [3.8, 4) is 0 Å². The van der Waals surface area contributed by atoms with Gasteiger partial charge in [0.1, 0.15) is 5.82 Å². The van der Waals surface area contributed by atoms with Crippen molar-refractivity contribution in [2.24, 2.45) is 0 Å². The third kappa shape index (κ3) is 1.95. The highest BCUT2D eigenvalue weighted by molar-refractivity contribution is 9.10. The van der Waals surface area contributed by atoms with E-state index in [1.807, 2.05) is 18.4 Å². The summed E-state index contributed by atoms with van der Waals surface area (Å²) in [7, 11) is 0. The molecule has 4 heteroatoms. The molecule has 0 atom stereocenters. The summed E-state index contributed by atoms with van der Waals surface area (Å²) in [6.07, 6.45) is 0. The van der Waals surface area contributed by atoms with Crippen LogP contribution in [0.1, 0.15) is 20.8 Å². The molecule has 0 fully saturated rings. The number of carbonyl (C=O) groups is 1. The molecule has 82 valence electrons. The maximum absolute atomic E-state index is 13.6. The minimum atomic E-state index is -0.493. The van der Waals surface area contributed by atoms with Gasteiger partial charge in [-0.15, -0.1) is 11.3 Å². The Labute approximate surface area is 105 Å². The van der Waals surface area contributed by atoms with Gasteiger partial charge < -0.3 is 0 Å². The van der Waals surface area contributed by atoms with E-state index in [2.05, 4.69) is 15.9 Å². The van der Waals surface area contributed by atoms with E-state index in [0.717, 1.165) is 5.56 Å². The molecule has 1 nitrogen and oxygen atoms in total. The SMILES string of the molecule is Cc1ccsc1C(=O)c1c(F)cccc1Br. The molecule has 0 bridgehead atoms. The van der Waals surface area contributed by atoms with E-state index in [4.69, 9.17) is 0 Å². The summed E-state index contributed by atoms with van der Waals surface area (Å²) in [5.74, 6) is -0.760. The van der Waals surface area contributed by atoms with Crippen molar-refractivity contribution in [2.75, 3.05) is 0 Å². The Balaban J connectivity index is 2.54. The van der Waals surface area contributed by atoms with Crippen molar-refractivity contribution in [1.29, 1.82) is 0 Å². The molecular weight excluding hydrogens is 291 g/mol. The number of rotatable bonds is 2. The largest absolute Gasteiger partial charge is 0.288 e. The third-order valence-corrected chi connectivity index (χ3v) is 3.93. The molecular formula is C12H8BrFOS. The van der Waals surface area contributed by atoms with Gasteiger partial charge in [-0.1, -0.05) is 6.07 Å². The summed E-state index contributed by atoms with van der Waals surface area (Å²) in [5, 5.41) is 1.83. The van der Waals surface area contributed by atoms with Crippen molar-refractivity contribution in [1.82, 2.24) is 0 Å². The Morgan fingerprint density at radius 1 is 1.38 bits per heavy atom. The first kappa shape index (κ1) is 11.5. The number of aryl methyl sites for hydroxylation is 1. The number of halogens is 2. The lowest BCUT2D eigenvalue weighted by Crippen LogP contribution is -2.04. The predicted molar refractivity (Wildman–Crippen MR) is 66.6 cm³/mol. The lowest BCUT2D eigenvalue weighted by molar-refractivity contribution is 0.103. The van der Waals surface area contributed by atoms with Crippen LogP contribution in [0.5, 0.6) is 0 Å². The Kier molecular flexibility index (Phi) is 3.21. The summed E-state index contributed by atoms with van der Waals surface area (Å²) in [5.41, 5.74) is 0.984. The van der Waals surface area contributed by atoms with Crippen LogP contribution in [0.3, 0.4) is 0 Å². The number of benzene rings is 1. The molecule has 0 unspecified atom stereocenters. The molecule has 16 heavy (non-hydrogen) atoms.